The summed E-state index contributed by atoms with van der Waals surface area (Å²) in [5.74, 6) is 1.06. The fourth-order valence-corrected chi connectivity index (χ4v) is 3.41. The van der Waals surface area contributed by atoms with Crippen LogP contribution in [0, 0.1) is 0 Å². The van der Waals surface area contributed by atoms with Gasteiger partial charge in [-0.15, -0.1) is 0 Å². The van der Waals surface area contributed by atoms with E-state index in [4.69, 9.17) is 0 Å². The van der Waals surface area contributed by atoms with Crippen LogP contribution in [0.5, 0.6) is 0 Å². The molecular weight excluding hydrogens is 238 g/mol. The Morgan fingerprint density at radius 3 is 2.58 bits per heavy atom. The molecule has 1 aliphatic carbocycles. The highest BCUT2D eigenvalue weighted by Crippen LogP contribution is 2.36. The first-order valence-corrected chi connectivity index (χ1v) is 7.38. The highest BCUT2D eigenvalue weighted by molar-refractivity contribution is 4.99. The van der Waals surface area contributed by atoms with Crippen molar-refractivity contribution >= 4 is 0 Å². The highest BCUT2D eigenvalue weighted by Gasteiger charge is 2.40. The Balaban J connectivity index is 2.00. The monoisotopic (exact) mass is 265 g/mol. The zero-order valence-corrected chi connectivity index (χ0v) is 12.5. The first-order chi connectivity index (χ1) is 9.06. The van der Waals surface area contributed by atoms with E-state index in [0.29, 0.717) is 0 Å². The number of likely N-dealkylation sites (N-methyl/N-ethyl adjacent to an activating group) is 1. The lowest BCUT2D eigenvalue weighted by Gasteiger charge is -2.46. The molecule has 1 fully saturated rings. The summed E-state index contributed by atoms with van der Waals surface area (Å²) in [5, 5.41) is 10.7. The maximum atomic E-state index is 10.7. The number of nitrogens with zero attached hydrogens (tertiary/aromatic N) is 3. The fourth-order valence-electron chi connectivity index (χ4n) is 3.41. The van der Waals surface area contributed by atoms with E-state index < -0.39 is 0 Å². The van der Waals surface area contributed by atoms with Crippen molar-refractivity contribution in [2.24, 2.45) is 7.05 Å². The Labute approximate surface area is 116 Å². The molecule has 4 heteroatoms. The van der Waals surface area contributed by atoms with Gasteiger partial charge in [0.15, 0.2) is 0 Å². The Kier molecular flexibility index (Phi) is 4.63. The zero-order chi connectivity index (χ0) is 13.9. The van der Waals surface area contributed by atoms with Gasteiger partial charge in [0.2, 0.25) is 0 Å². The average molecular weight is 265 g/mol. The molecule has 1 aromatic heterocycles. The summed E-state index contributed by atoms with van der Waals surface area (Å²) >= 11 is 0. The lowest BCUT2D eigenvalue weighted by molar-refractivity contribution is -0.0355. The molecule has 1 atom stereocenters. The summed E-state index contributed by atoms with van der Waals surface area (Å²) in [4.78, 5) is 6.58. The van der Waals surface area contributed by atoms with Crippen molar-refractivity contribution in [2.75, 3.05) is 14.1 Å². The van der Waals surface area contributed by atoms with E-state index in [2.05, 4.69) is 24.0 Å². The molecule has 1 aromatic rings. The minimum absolute atomic E-state index is 0.0244. The number of hydrogen-bond donors (Lipinski definition) is 1. The minimum atomic E-state index is -0.264. The van der Waals surface area contributed by atoms with E-state index in [-0.39, 0.29) is 11.6 Å². The second-order valence-corrected chi connectivity index (χ2v) is 6.07. The van der Waals surface area contributed by atoms with Crippen molar-refractivity contribution in [1.82, 2.24) is 14.5 Å². The highest BCUT2D eigenvalue weighted by atomic mass is 16.3. The van der Waals surface area contributed by atoms with Gasteiger partial charge in [-0.3, -0.25) is 0 Å². The Hall–Kier alpha value is -0.870. The largest absolute Gasteiger partial charge is 0.391 e. The quantitative estimate of drug-likeness (QED) is 0.885. The number of imidazole rings is 1. The van der Waals surface area contributed by atoms with Crippen LogP contribution in [0.1, 0.15) is 44.3 Å². The first kappa shape index (κ1) is 14.5. The molecule has 1 saturated carbocycles. The third-order valence-corrected chi connectivity index (χ3v) is 4.79. The lowest BCUT2D eigenvalue weighted by atomic mass is 9.75. The summed E-state index contributed by atoms with van der Waals surface area (Å²) < 4.78 is 2.04. The predicted molar refractivity (Wildman–Crippen MR) is 77.0 cm³/mol. The predicted octanol–water partition coefficient (Wildman–Crippen LogP) is 1.98. The van der Waals surface area contributed by atoms with Crippen molar-refractivity contribution in [3.63, 3.8) is 0 Å². The molecule has 1 aliphatic rings. The van der Waals surface area contributed by atoms with Gasteiger partial charge in [0, 0.05) is 31.4 Å². The van der Waals surface area contributed by atoms with Crippen LogP contribution in [0.3, 0.4) is 0 Å². The second kappa shape index (κ2) is 6.06. The molecule has 108 valence electrons. The van der Waals surface area contributed by atoms with Crippen molar-refractivity contribution in [3.8, 4) is 0 Å². The number of aryl methyl sites for hydroxylation is 2. The molecule has 0 spiro atoms. The third kappa shape index (κ3) is 3.00. The van der Waals surface area contributed by atoms with E-state index in [1.165, 1.54) is 19.3 Å². The summed E-state index contributed by atoms with van der Waals surface area (Å²) in [6.07, 6.45) is 11.2. The average Bonchev–Trinajstić information content (AvgIpc) is 2.82. The fraction of sp³-hybridized carbons (Fsp3) is 0.800. The van der Waals surface area contributed by atoms with Crippen LogP contribution in [0.4, 0.5) is 0 Å². The van der Waals surface area contributed by atoms with Gasteiger partial charge in [0.05, 0.1) is 6.10 Å². The van der Waals surface area contributed by atoms with Crippen molar-refractivity contribution in [1.29, 1.82) is 0 Å². The first-order valence-electron chi connectivity index (χ1n) is 7.38. The molecule has 0 radical (unpaired) electrons. The molecule has 1 heterocycles. The van der Waals surface area contributed by atoms with Crippen LogP contribution in [0.2, 0.25) is 0 Å². The molecule has 19 heavy (non-hydrogen) atoms. The van der Waals surface area contributed by atoms with Crippen LogP contribution >= 0.6 is 0 Å². The van der Waals surface area contributed by atoms with Crippen LogP contribution < -0.4 is 0 Å². The summed E-state index contributed by atoms with van der Waals surface area (Å²) in [5.41, 5.74) is -0.0244. The van der Waals surface area contributed by atoms with E-state index in [0.717, 1.165) is 31.5 Å². The van der Waals surface area contributed by atoms with Crippen LogP contribution in [-0.2, 0) is 13.5 Å². The number of rotatable bonds is 5. The maximum Gasteiger partial charge on any atom is 0.108 e. The Bertz CT molecular complexity index is 394. The number of aromatic nitrogens is 2. The van der Waals surface area contributed by atoms with Crippen LogP contribution in [-0.4, -0.2) is 45.3 Å². The Morgan fingerprint density at radius 1 is 1.37 bits per heavy atom. The van der Waals surface area contributed by atoms with Gasteiger partial charge in [0.1, 0.15) is 5.82 Å². The number of aliphatic hydroxyl groups is 1. The SMILES string of the molecule is CN(C)C1(C(O)CCc2nccn2C)CCCCC1. The minimum Gasteiger partial charge on any atom is -0.391 e. The van der Waals surface area contributed by atoms with E-state index in [9.17, 15) is 5.11 Å². The lowest BCUT2D eigenvalue weighted by Crippen LogP contribution is -2.54. The second-order valence-electron chi connectivity index (χ2n) is 6.07. The number of hydrogen-bond acceptors (Lipinski definition) is 3. The molecule has 4 nitrogen and oxygen atoms in total. The molecule has 1 N–H and O–H groups in total. The summed E-state index contributed by atoms with van der Waals surface area (Å²) in [6.45, 7) is 0. The molecule has 0 bridgehead atoms. The summed E-state index contributed by atoms with van der Waals surface area (Å²) in [6, 6.07) is 0. The zero-order valence-electron chi connectivity index (χ0n) is 12.5. The molecule has 0 aromatic carbocycles. The van der Waals surface area contributed by atoms with E-state index in [1.54, 1.807) is 0 Å². The number of aliphatic hydroxyl groups excluding tert-OH is 1. The third-order valence-electron chi connectivity index (χ3n) is 4.79. The smallest absolute Gasteiger partial charge is 0.108 e. The van der Waals surface area contributed by atoms with E-state index >= 15 is 0 Å². The molecule has 2 rings (SSSR count). The van der Waals surface area contributed by atoms with Crippen LogP contribution in [0.25, 0.3) is 0 Å². The van der Waals surface area contributed by atoms with Gasteiger partial charge in [-0.05, 0) is 33.4 Å². The van der Waals surface area contributed by atoms with E-state index in [1.807, 2.05) is 24.0 Å². The van der Waals surface area contributed by atoms with Gasteiger partial charge in [-0.25, -0.2) is 4.98 Å². The van der Waals surface area contributed by atoms with Gasteiger partial charge >= 0.3 is 0 Å². The van der Waals surface area contributed by atoms with Crippen molar-refractivity contribution < 1.29 is 5.11 Å². The normalized spacial score (nSPS) is 20.7. The van der Waals surface area contributed by atoms with Gasteiger partial charge in [-0.1, -0.05) is 19.3 Å². The van der Waals surface area contributed by atoms with Gasteiger partial charge in [0.25, 0.3) is 0 Å². The van der Waals surface area contributed by atoms with Crippen LogP contribution in [0.15, 0.2) is 12.4 Å². The molecule has 0 aliphatic heterocycles. The molecule has 0 amide bonds. The standard InChI is InChI=1S/C15H27N3O/c1-17(2)15(9-5-4-6-10-15)13(19)7-8-14-16-11-12-18(14)3/h11-13,19H,4-10H2,1-3H3. The molecular formula is C15H27N3O. The molecule has 1 unspecified atom stereocenters. The van der Waals surface area contributed by atoms with Crippen molar-refractivity contribution in [3.05, 3.63) is 18.2 Å². The topological polar surface area (TPSA) is 41.3 Å². The summed E-state index contributed by atoms with van der Waals surface area (Å²) in [7, 11) is 6.22. The molecule has 0 saturated heterocycles. The maximum absolute atomic E-state index is 10.7. The Morgan fingerprint density at radius 2 is 2.05 bits per heavy atom. The van der Waals surface area contributed by atoms with Gasteiger partial charge in [-0.2, -0.15) is 0 Å². The van der Waals surface area contributed by atoms with Crippen molar-refractivity contribution in [2.45, 2.75) is 56.6 Å². The van der Waals surface area contributed by atoms with Gasteiger partial charge < -0.3 is 14.6 Å².